The Morgan fingerprint density at radius 1 is 1.29 bits per heavy atom. The predicted molar refractivity (Wildman–Crippen MR) is 66.2 cm³/mol. The molecule has 0 aromatic heterocycles. The van der Waals surface area contributed by atoms with Crippen molar-refractivity contribution in [2.45, 2.75) is 19.8 Å². The highest BCUT2D eigenvalue weighted by molar-refractivity contribution is 5.90. The normalized spacial score (nSPS) is 9.76. The lowest BCUT2D eigenvalue weighted by Gasteiger charge is -1.95. The van der Waals surface area contributed by atoms with Crippen LogP contribution in [0.25, 0.3) is 0 Å². The van der Waals surface area contributed by atoms with E-state index in [9.17, 15) is 4.79 Å². The number of hydrogen-bond donors (Lipinski definition) is 3. The summed E-state index contributed by atoms with van der Waals surface area (Å²) in [5.74, 6) is -1.31. The SMILES string of the molecule is CC/C=C\CCO.O=C(O)c1ccccc1O. The molecular formula is C13H18O4. The fourth-order valence-corrected chi connectivity index (χ4v) is 1.01. The molecule has 3 N–H and O–H groups in total. The Morgan fingerprint density at radius 2 is 1.94 bits per heavy atom. The molecule has 0 heterocycles. The molecule has 4 nitrogen and oxygen atoms in total. The lowest BCUT2D eigenvalue weighted by atomic mass is 10.2. The summed E-state index contributed by atoms with van der Waals surface area (Å²) in [7, 11) is 0. The zero-order valence-electron chi connectivity index (χ0n) is 9.84. The summed E-state index contributed by atoms with van der Waals surface area (Å²) in [6.45, 7) is 2.35. The Hall–Kier alpha value is -1.81. The molecule has 0 aliphatic rings. The smallest absolute Gasteiger partial charge is 0.339 e. The Labute approximate surface area is 101 Å². The third-order valence-corrected chi connectivity index (χ3v) is 1.83. The minimum Gasteiger partial charge on any atom is -0.507 e. The van der Waals surface area contributed by atoms with Gasteiger partial charge in [-0.05, 0) is 25.0 Å². The number of allylic oxidation sites excluding steroid dienone is 1. The highest BCUT2D eigenvalue weighted by atomic mass is 16.4. The topological polar surface area (TPSA) is 77.8 Å². The fraction of sp³-hybridized carbons (Fsp3) is 0.308. The molecule has 0 unspecified atom stereocenters. The second kappa shape index (κ2) is 9.42. The first kappa shape index (κ1) is 15.2. The number of carboxylic acid groups (broad SMARTS) is 1. The van der Waals surface area contributed by atoms with Crippen molar-refractivity contribution in [1.82, 2.24) is 0 Å². The van der Waals surface area contributed by atoms with Gasteiger partial charge in [-0.2, -0.15) is 0 Å². The van der Waals surface area contributed by atoms with E-state index in [0.717, 1.165) is 12.8 Å². The first-order chi connectivity index (χ1) is 8.13. The van der Waals surface area contributed by atoms with Crippen LogP contribution in [-0.2, 0) is 0 Å². The Balaban J connectivity index is 0.000000325. The highest BCUT2D eigenvalue weighted by Gasteiger charge is 2.05. The second-order valence-electron chi connectivity index (χ2n) is 3.21. The number of aromatic hydroxyl groups is 1. The van der Waals surface area contributed by atoms with Gasteiger partial charge in [0.1, 0.15) is 11.3 Å². The zero-order chi connectivity index (χ0) is 13.1. The highest BCUT2D eigenvalue weighted by Crippen LogP contribution is 2.14. The van der Waals surface area contributed by atoms with Crippen LogP contribution in [0.3, 0.4) is 0 Å². The van der Waals surface area contributed by atoms with Crippen LogP contribution < -0.4 is 0 Å². The van der Waals surface area contributed by atoms with E-state index in [1.807, 2.05) is 6.08 Å². The number of aliphatic hydroxyl groups is 1. The third-order valence-electron chi connectivity index (χ3n) is 1.83. The number of carboxylic acids is 1. The monoisotopic (exact) mass is 238 g/mol. The Kier molecular flexibility index (Phi) is 8.42. The van der Waals surface area contributed by atoms with Gasteiger partial charge in [0.15, 0.2) is 0 Å². The van der Waals surface area contributed by atoms with E-state index in [2.05, 4.69) is 13.0 Å². The molecule has 0 atom stereocenters. The molecule has 0 spiro atoms. The average Bonchev–Trinajstić information content (AvgIpc) is 2.31. The standard InChI is InChI=1S/C7H6O3.C6H12O/c8-6-4-2-1-3-5(6)7(9)10;1-2-3-4-5-6-7/h1-4,8H,(H,9,10);3-4,7H,2,5-6H2,1H3/b;4-3-. The summed E-state index contributed by atoms with van der Waals surface area (Å²) in [6.07, 6.45) is 5.91. The van der Waals surface area contributed by atoms with E-state index in [4.69, 9.17) is 15.3 Å². The molecular weight excluding hydrogens is 220 g/mol. The Morgan fingerprint density at radius 3 is 2.35 bits per heavy atom. The summed E-state index contributed by atoms with van der Waals surface area (Å²) in [4.78, 5) is 10.3. The van der Waals surface area contributed by atoms with Gasteiger partial charge in [0, 0.05) is 6.61 Å². The number of hydrogen-bond acceptors (Lipinski definition) is 3. The van der Waals surface area contributed by atoms with Crippen molar-refractivity contribution >= 4 is 5.97 Å². The molecule has 0 fully saturated rings. The lowest BCUT2D eigenvalue weighted by Crippen LogP contribution is -1.95. The average molecular weight is 238 g/mol. The van der Waals surface area contributed by atoms with E-state index in [-0.39, 0.29) is 17.9 Å². The van der Waals surface area contributed by atoms with E-state index in [1.165, 1.54) is 12.1 Å². The first-order valence-corrected chi connectivity index (χ1v) is 5.40. The van der Waals surface area contributed by atoms with Gasteiger partial charge in [0.05, 0.1) is 0 Å². The number of aliphatic hydroxyl groups excluding tert-OH is 1. The van der Waals surface area contributed by atoms with Gasteiger partial charge in [-0.15, -0.1) is 0 Å². The summed E-state index contributed by atoms with van der Waals surface area (Å²) >= 11 is 0. The van der Waals surface area contributed by atoms with Crippen molar-refractivity contribution in [2.75, 3.05) is 6.61 Å². The number of carbonyl (C=O) groups is 1. The van der Waals surface area contributed by atoms with Crippen LogP contribution in [0.2, 0.25) is 0 Å². The van der Waals surface area contributed by atoms with Gasteiger partial charge in [-0.1, -0.05) is 31.2 Å². The number of benzene rings is 1. The first-order valence-electron chi connectivity index (χ1n) is 5.40. The maximum absolute atomic E-state index is 10.3. The van der Waals surface area contributed by atoms with Crippen molar-refractivity contribution in [3.8, 4) is 5.75 Å². The van der Waals surface area contributed by atoms with Crippen molar-refractivity contribution < 1.29 is 20.1 Å². The molecule has 0 amide bonds. The molecule has 0 aliphatic heterocycles. The van der Waals surface area contributed by atoms with Gasteiger partial charge in [-0.3, -0.25) is 0 Å². The molecule has 17 heavy (non-hydrogen) atoms. The fourth-order valence-electron chi connectivity index (χ4n) is 1.01. The molecule has 1 aromatic rings. The largest absolute Gasteiger partial charge is 0.507 e. The van der Waals surface area contributed by atoms with Gasteiger partial charge in [0.2, 0.25) is 0 Å². The van der Waals surface area contributed by atoms with Gasteiger partial charge >= 0.3 is 5.97 Å². The molecule has 0 bridgehead atoms. The molecule has 1 aromatic carbocycles. The van der Waals surface area contributed by atoms with Crippen LogP contribution in [0.15, 0.2) is 36.4 Å². The Bertz CT molecular complexity index is 358. The van der Waals surface area contributed by atoms with Gasteiger partial charge < -0.3 is 15.3 Å². The minimum absolute atomic E-state index is 0.0671. The number of para-hydroxylation sites is 1. The van der Waals surface area contributed by atoms with Crippen LogP contribution >= 0.6 is 0 Å². The van der Waals surface area contributed by atoms with Crippen LogP contribution in [0.1, 0.15) is 30.1 Å². The number of phenols is 1. The van der Waals surface area contributed by atoms with Crippen LogP contribution in [-0.4, -0.2) is 27.9 Å². The molecule has 0 saturated heterocycles. The maximum atomic E-state index is 10.3. The van der Waals surface area contributed by atoms with Gasteiger partial charge in [-0.25, -0.2) is 4.79 Å². The van der Waals surface area contributed by atoms with Crippen molar-refractivity contribution in [3.05, 3.63) is 42.0 Å². The predicted octanol–water partition coefficient (Wildman–Crippen LogP) is 2.43. The maximum Gasteiger partial charge on any atom is 0.339 e. The summed E-state index contributed by atoms with van der Waals surface area (Å²) in [5.41, 5.74) is -0.0671. The second-order valence-corrected chi connectivity index (χ2v) is 3.21. The van der Waals surface area contributed by atoms with Crippen LogP contribution in [0.4, 0.5) is 0 Å². The zero-order valence-corrected chi connectivity index (χ0v) is 9.84. The van der Waals surface area contributed by atoms with E-state index in [1.54, 1.807) is 12.1 Å². The van der Waals surface area contributed by atoms with Crippen LogP contribution in [0, 0.1) is 0 Å². The number of aromatic carboxylic acids is 1. The molecule has 0 saturated carbocycles. The minimum atomic E-state index is -1.11. The molecule has 1 rings (SSSR count). The summed E-state index contributed by atoms with van der Waals surface area (Å²) in [6, 6.07) is 5.81. The van der Waals surface area contributed by atoms with Crippen molar-refractivity contribution in [2.24, 2.45) is 0 Å². The van der Waals surface area contributed by atoms with E-state index < -0.39 is 5.97 Å². The molecule has 0 radical (unpaired) electrons. The molecule has 94 valence electrons. The van der Waals surface area contributed by atoms with Crippen molar-refractivity contribution in [3.63, 3.8) is 0 Å². The molecule has 4 heteroatoms. The molecule has 0 aliphatic carbocycles. The third kappa shape index (κ3) is 7.14. The van der Waals surface area contributed by atoms with Gasteiger partial charge in [0.25, 0.3) is 0 Å². The summed E-state index contributed by atoms with van der Waals surface area (Å²) < 4.78 is 0. The van der Waals surface area contributed by atoms with Crippen molar-refractivity contribution in [1.29, 1.82) is 0 Å². The quantitative estimate of drug-likeness (QED) is 0.704. The van der Waals surface area contributed by atoms with E-state index in [0.29, 0.717) is 0 Å². The number of rotatable bonds is 4. The van der Waals surface area contributed by atoms with Crippen LogP contribution in [0.5, 0.6) is 5.75 Å². The lowest BCUT2D eigenvalue weighted by molar-refractivity contribution is 0.0693. The summed E-state index contributed by atoms with van der Waals surface area (Å²) in [5, 5.41) is 25.5. The van der Waals surface area contributed by atoms with E-state index >= 15 is 0 Å².